The first-order valence-corrected chi connectivity index (χ1v) is 11.6. The van der Waals surface area contributed by atoms with E-state index >= 15 is 0 Å². The van der Waals surface area contributed by atoms with Crippen LogP contribution in [0.2, 0.25) is 0 Å². The van der Waals surface area contributed by atoms with Crippen molar-refractivity contribution in [2.24, 2.45) is 0 Å². The summed E-state index contributed by atoms with van der Waals surface area (Å²) in [5.41, 5.74) is 0.499. The lowest BCUT2D eigenvalue weighted by atomic mass is 9.98. The maximum atomic E-state index is 12.7. The summed E-state index contributed by atoms with van der Waals surface area (Å²) in [4.78, 5) is 12.7. The Balaban J connectivity index is 1.97. The molecule has 1 unspecified atom stereocenters. The molecule has 0 radical (unpaired) electrons. The zero-order chi connectivity index (χ0) is 21.3. The van der Waals surface area contributed by atoms with Crippen molar-refractivity contribution in [2.45, 2.75) is 62.9 Å². The van der Waals surface area contributed by atoms with Crippen LogP contribution >= 0.6 is 0 Å². The second kappa shape index (κ2) is 10.9. The number of carbonyl (C=O) groups excluding carboxylic acids is 1. The fraction of sp³-hybridized carbons (Fsp3) is 0.700. The fourth-order valence-electron chi connectivity index (χ4n) is 2.86. The van der Waals surface area contributed by atoms with Gasteiger partial charge in [0, 0.05) is 25.3 Å². The number of rotatable bonds is 10. The number of aryl methyl sites for hydroxylation is 1. The Morgan fingerprint density at radius 2 is 2.24 bits per heavy atom. The minimum atomic E-state index is -3.69. The fourth-order valence-corrected chi connectivity index (χ4v) is 3.80. The van der Waals surface area contributed by atoms with Crippen molar-refractivity contribution >= 4 is 15.6 Å². The van der Waals surface area contributed by atoms with Crippen LogP contribution in [-0.4, -0.2) is 56.5 Å². The van der Waals surface area contributed by atoms with Crippen molar-refractivity contribution in [1.29, 1.82) is 0 Å². The normalized spacial score (nSPS) is 19.2. The van der Waals surface area contributed by atoms with Crippen LogP contribution in [0.25, 0.3) is 0 Å². The van der Waals surface area contributed by atoms with Crippen LogP contribution in [0.5, 0.6) is 0 Å². The van der Waals surface area contributed by atoms with Crippen molar-refractivity contribution in [3.63, 3.8) is 0 Å². The van der Waals surface area contributed by atoms with E-state index in [-0.39, 0.29) is 19.4 Å². The van der Waals surface area contributed by atoms with Gasteiger partial charge in [0.25, 0.3) is 0 Å². The van der Waals surface area contributed by atoms with Crippen LogP contribution in [0.4, 0.5) is 4.39 Å². The predicted octanol–water partition coefficient (Wildman–Crippen LogP) is 2.62. The van der Waals surface area contributed by atoms with Gasteiger partial charge in [0.05, 0.1) is 12.4 Å². The van der Waals surface area contributed by atoms with Gasteiger partial charge in [-0.05, 0) is 51.4 Å². The van der Waals surface area contributed by atoms with Gasteiger partial charge in [0.15, 0.2) is 21.9 Å². The van der Waals surface area contributed by atoms with Gasteiger partial charge in [-0.25, -0.2) is 8.42 Å². The van der Waals surface area contributed by atoms with Crippen molar-refractivity contribution in [3.8, 4) is 11.8 Å². The van der Waals surface area contributed by atoms with Gasteiger partial charge in [-0.15, -0.1) is 0 Å². The van der Waals surface area contributed by atoms with E-state index in [0.717, 1.165) is 19.1 Å². The predicted molar refractivity (Wildman–Crippen MR) is 105 cm³/mol. The molecule has 1 fully saturated rings. The van der Waals surface area contributed by atoms with Crippen LogP contribution in [0.3, 0.4) is 0 Å². The van der Waals surface area contributed by atoms with Gasteiger partial charge in [-0.2, -0.15) is 0 Å². The molecule has 2 atom stereocenters. The molecule has 0 bridgehead atoms. The van der Waals surface area contributed by atoms with E-state index in [2.05, 4.69) is 17.0 Å². The number of ketones is 1. The van der Waals surface area contributed by atoms with Crippen LogP contribution in [0.1, 0.15) is 56.9 Å². The molecule has 2 heterocycles. The molecule has 0 N–H and O–H groups in total. The van der Waals surface area contributed by atoms with E-state index in [9.17, 15) is 17.6 Å². The van der Waals surface area contributed by atoms with Crippen LogP contribution in [0.15, 0.2) is 10.6 Å². The summed E-state index contributed by atoms with van der Waals surface area (Å²) < 4.78 is 51.2. The number of sulfone groups is 1. The quantitative estimate of drug-likeness (QED) is 0.417. The number of hydrogen-bond donors (Lipinski definition) is 0. The van der Waals surface area contributed by atoms with Gasteiger partial charge < -0.3 is 14.0 Å². The smallest absolute Gasteiger partial charge is 0.209 e. The third kappa shape index (κ3) is 6.91. The molecule has 9 heteroatoms. The largest absolute Gasteiger partial charge is 0.353 e. The van der Waals surface area contributed by atoms with Crippen LogP contribution < -0.4 is 0 Å². The van der Waals surface area contributed by atoms with Crippen LogP contribution in [0, 0.1) is 11.8 Å². The zero-order valence-electron chi connectivity index (χ0n) is 16.9. The standard InChI is InChI=1S/C20H28FNO6S/c1-20(29(2,24)25,18(23)15-27-19-9-5-7-13-26-19)11-10-16-14-17(28-22-16)8-4-3-6-12-21/h14,19H,3,5-7,9-13,15H2,1-2H3/t19?,20-/m1/s1. The van der Waals surface area contributed by atoms with Gasteiger partial charge in [0.1, 0.15) is 11.4 Å². The van der Waals surface area contributed by atoms with Gasteiger partial charge in [-0.3, -0.25) is 9.18 Å². The first kappa shape index (κ1) is 23.5. The Morgan fingerprint density at radius 1 is 1.45 bits per heavy atom. The SMILES string of the molecule is C[C@@](CCc1cc(C#CCCCF)on1)(C(=O)COC1CCCCO1)S(C)(=O)=O. The van der Waals surface area contributed by atoms with E-state index in [4.69, 9.17) is 14.0 Å². The molecule has 0 amide bonds. The number of Topliss-reactive ketones (excluding diaryl/α,β-unsaturated/α-hetero) is 1. The lowest BCUT2D eigenvalue weighted by molar-refractivity contribution is -0.170. The van der Waals surface area contributed by atoms with Crippen molar-refractivity contribution < 1.29 is 31.6 Å². The second-order valence-corrected chi connectivity index (χ2v) is 9.76. The molecular formula is C20H28FNO6S. The molecule has 1 aromatic rings. The minimum absolute atomic E-state index is 0.0425. The third-order valence-corrected chi connectivity index (χ3v) is 7.08. The Kier molecular flexibility index (Phi) is 8.80. The van der Waals surface area contributed by atoms with Crippen molar-refractivity contribution in [3.05, 3.63) is 17.5 Å². The highest BCUT2D eigenvalue weighted by molar-refractivity contribution is 7.92. The van der Waals surface area contributed by atoms with Crippen molar-refractivity contribution in [1.82, 2.24) is 5.16 Å². The number of ether oxygens (including phenoxy) is 2. The summed E-state index contributed by atoms with van der Waals surface area (Å²) >= 11 is 0. The monoisotopic (exact) mass is 429 g/mol. The second-order valence-electron chi connectivity index (χ2n) is 7.31. The molecule has 1 aliphatic heterocycles. The molecule has 1 saturated heterocycles. The van der Waals surface area contributed by atoms with Gasteiger partial charge in [-0.1, -0.05) is 11.1 Å². The average Bonchev–Trinajstić information content (AvgIpc) is 3.15. The van der Waals surface area contributed by atoms with Crippen LogP contribution in [-0.2, 0) is 30.5 Å². The summed E-state index contributed by atoms with van der Waals surface area (Å²) in [6.45, 7) is 1.24. The van der Waals surface area contributed by atoms with Gasteiger partial charge in [0.2, 0.25) is 5.76 Å². The molecule has 2 rings (SSSR count). The Bertz CT molecular complexity index is 835. The number of nitrogens with zero attached hydrogens (tertiary/aromatic N) is 1. The van der Waals surface area contributed by atoms with Gasteiger partial charge >= 0.3 is 0 Å². The summed E-state index contributed by atoms with van der Waals surface area (Å²) in [6, 6.07) is 1.60. The van der Waals surface area contributed by atoms with E-state index in [1.165, 1.54) is 6.92 Å². The number of unbranched alkanes of at least 4 members (excludes halogenated alkanes) is 1. The number of halogens is 1. The molecule has 0 spiro atoms. The van der Waals surface area contributed by atoms with Crippen molar-refractivity contribution in [2.75, 3.05) is 26.1 Å². The molecule has 0 saturated carbocycles. The van der Waals surface area contributed by atoms with E-state index in [1.807, 2.05) is 0 Å². The molecule has 1 aromatic heterocycles. The lowest BCUT2D eigenvalue weighted by Gasteiger charge is -2.28. The summed E-state index contributed by atoms with van der Waals surface area (Å²) in [6.07, 6.45) is 4.22. The maximum Gasteiger partial charge on any atom is 0.209 e. The topological polar surface area (TPSA) is 95.7 Å². The number of hydrogen-bond acceptors (Lipinski definition) is 7. The Labute approximate surface area is 171 Å². The van der Waals surface area contributed by atoms with E-state index in [0.29, 0.717) is 37.3 Å². The Morgan fingerprint density at radius 3 is 2.90 bits per heavy atom. The first-order valence-electron chi connectivity index (χ1n) is 9.73. The first-order chi connectivity index (χ1) is 13.8. The average molecular weight is 430 g/mol. The molecule has 1 aliphatic rings. The molecular weight excluding hydrogens is 401 g/mol. The minimum Gasteiger partial charge on any atom is -0.353 e. The molecule has 0 aromatic carbocycles. The molecule has 162 valence electrons. The number of alkyl halides is 1. The highest BCUT2D eigenvalue weighted by Crippen LogP contribution is 2.25. The Hall–Kier alpha value is -1.76. The number of carbonyl (C=O) groups is 1. The molecule has 29 heavy (non-hydrogen) atoms. The molecule has 0 aliphatic carbocycles. The lowest BCUT2D eigenvalue weighted by Crippen LogP contribution is -2.46. The van der Waals surface area contributed by atoms with E-state index in [1.54, 1.807) is 6.07 Å². The maximum absolute atomic E-state index is 12.7. The number of aromatic nitrogens is 1. The third-order valence-electron chi connectivity index (χ3n) is 5.01. The highest BCUT2D eigenvalue weighted by atomic mass is 32.2. The van der Waals surface area contributed by atoms with E-state index < -0.39 is 33.3 Å². The summed E-state index contributed by atoms with van der Waals surface area (Å²) in [5.74, 6) is 5.33. The zero-order valence-corrected chi connectivity index (χ0v) is 17.7. The molecule has 7 nitrogen and oxygen atoms in total. The summed E-state index contributed by atoms with van der Waals surface area (Å²) in [7, 11) is -3.69. The highest BCUT2D eigenvalue weighted by Gasteiger charge is 2.43. The summed E-state index contributed by atoms with van der Waals surface area (Å²) in [5, 5.41) is 3.87.